The number of methoxy groups -OCH3 is 1. The van der Waals surface area contributed by atoms with Gasteiger partial charge in [-0.3, -0.25) is 5.10 Å². The van der Waals surface area contributed by atoms with Gasteiger partial charge in [0.15, 0.2) is 11.5 Å². The Labute approximate surface area is 139 Å². The number of H-pyrrole nitrogens is 1. The molecular formula is C15H21N7O2. The lowest BCUT2D eigenvalue weighted by molar-refractivity contribution is 0.122. The van der Waals surface area contributed by atoms with E-state index in [0.717, 1.165) is 35.8 Å². The summed E-state index contributed by atoms with van der Waals surface area (Å²) in [5.74, 6) is 1.31. The number of morpholine rings is 1. The fraction of sp³-hybridized carbons (Fsp3) is 0.400. The number of nitrogens with one attached hydrogen (secondary N) is 1. The van der Waals surface area contributed by atoms with E-state index >= 15 is 0 Å². The quantitative estimate of drug-likeness (QED) is 0.737. The first-order valence-electron chi connectivity index (χ1n) is 7.63. The van der Waals surface area contributed by atoms with E-state index in [1.54, 1.807) is 7.11 Å². The Hall–Kier alpha value is -2.81. The molecule has 5 N–H and O–H groups in total. The minimum atomic E-state index is 0.218. The maximum absolute atomic E-state index is 5.74. The van der Waals surface area contributed by atoms with Gasteiger partial charge in [0.05, 0.1) is 31.7 Å². The van der Waals surface area contributed by atoms with E-state index in [9.17, 15) is 0 Å². The molecule has 1 fully saturated rings. The SMILES string of the molecule is COc1ccc(N=Nc2c(N)n[nH]c2N)c(C)c1N1CCOCC1. The van der Waals surface area contributed by atoms with Gasteiger partial charge in [-0.2, -0.15) is 5.10 Å². The minimum absolute atomic E-state index is 0.218. The smallest absolute Gasteiger partial charge is 0.175 e. The number of anilines is 3. The average Bonchev–Trinajstić information content (AvgIpc) is 2.92. The summed E-state index contributed by atoms with van der Waals surface area (Å²) in [7, 11) is 1.66. The van der Waals surface area contributed by atoms with E-state index in [1.165, 1.54) is 0 Å². The molecule has 0 aliphatic carbocycles. The largest absolute Gasteiger partial charge is 0.495 e. The molecule has 0 radical (unpaired) electrons. The number of hydrogen-bond acceptors (Lipinski definition) is 8. The van der Waals surface area contributed by atoms with Crippen LogP contribution in [0.3, 0.4) is 0 Å². The normalized spacial score (nSPS) is 15.2. The van der Waals surface area contributed by atoms with Gasteiger partial charge in [0.2, 0.25) is 0 Å². The van der Waals surface area contributed by atoms with Crippen molar-refractivity contribution in [3.05, 3.63) is 17.7 Å². The van der Waals surface area contributed by atoms with Gasteiger partial charge in [-0.05, 0) is 19.1 Å². The molecule has 1 aliphatic rings. The molecule has 24 heavy (non-hydrogen) atoms. The molecule has 0 atom stereocenters. The monoisotopic (exact) mass is 331 g/mol. The van der Waals surface area contributed by atoms with Gasteiger partial charge < -0.3 is 25.8 Å². The second-order valence-corrected chi connectivity index (χ2v) is 5.43. The number of azo groups is 1. The third-order valence-corrected chi connectivity index (χ3v) is 3.96. The van der Waals surface area contributed by atoms with Crippen LogP contribution in [0.1, 0.15) is 5.56 Å². The Bertz CT molecular complexity index is 731. The van der Waals surface area contributed by atoms with Crippen LogP contribution < -0.4 is 21.1 Å². The molecule has 0 spiro atoms. The zero-order valence-electron chi connectivity index (χ0n) is 13.7. The Kier molecular flexibility index (Phi) is 4.52. The number of hydrogen-bond donors (Lipinski definition) is 3. The third-order valence-electron chi connectivity index (χ3n) is 3.96. The zero-order valence-corrected chi connectivity index (χ0v) is 13.7. The van der Waals surface area contributed by atoms with Crippen molar-refractivity contribution < 1.29 is 9.47 Å². The van der Waals surface area contributed by atoms with Crippen LogP contribution in [-0.2, 0) is 4.74 Å². The number of rotatable bonds is 4. The van der Waals surface area contributed by atoms with Crippen molar-refractivity contribution in [1.29, 1.82) is 0 Å². The van der Waals surface area contributed by atoms with E-state index < -0.39 is 0 Å². The summed E-state index contributed by atoms with van der Waals surface area (Å²) in [5, 5.41) is 14.8. The maximum atomic E-state index is 5.74. The summed E-state index contributed by atoms with van der Waals surface area (Å²) in [4.78, 5) is 2.23. The molecule has 9 nitrogen and oxygen atoms in total. The average molecular weight is 331 g/mol. The summed E-state index contributed by atoms with van der Waals surface area (Å²) < 4.78 is 10.9. The Morgan fingerprint density at radius 3 is 2.62 bits per heavy atom. The van der Waals surface area contributed by atoms with Crippen LogP contribution in [0, 0.1) is 6.92 Å². The van der Waals surface area contributed by atoms with E-state index in [-0.39, 0.29) is 11.6 Å². The summed E-state index contributed by atoms with van der Waals surface area (Å²) in [6.45, 7) is 4.98. The van der Waals surface area contributed by atoms with Crippen LogP contribution in [0.2, 0.25) is 0 Å². The fourth-order valence-electron chi connectivity index (χ4n) is 2.69. The summed E-state index contributed by atoms with van der Waals surface area (Å²) >= 11 is 0. The van der Waals surface area contributed by atoms with E-state index in [2.05, 4.69) is 25.3 Å². The molecule has 9 heteroatoms. The summed E-state index contributed by atoms with van der Waals surface area (Å²) in [5.41, 5.74) is 14.5. The van der Waals surface area contributed by atoms with E-state index in [4.69, 9.17) is 20.9 Å². The molecule has 1 aromatic carbocycles. The van der Waals surface area contributed by atoms with Crippen molar-refractivity contribution in [2.24, 2.45) is 10.2 Å². The van der Waals surface area contributed by atoms with Gasteiger partial charge in [0.1, 0.15) is 11.6 Å². The molecule has 1 aromatic heterocycles. The molecule has 0 saturated carbocycles. The van der Waals surface area contributed by atoms with Gasteiger partial charge in [0, 0.05) is 18.7 Å². The first-order valence-corrected chi connectivity index (χ1v) is 7.63. The molecule has 3 rings (SSSR count). The number of nitrogens with two attached hydrogens (primary N) is 2. The number of nitrogen functional groups attached to an aromatic ring is 2. The number of benzene rings is 1. The van der Waals surface area contributed by atoms with Gasteiger partial charge in [0.25, 0.3) is 0 Å². The third kappa shape index (κ3) is 2.98. The highest BCUT2D eigenvalue weighted by molar-refractivity contribution is 5.73. The van der Waals surface area contributed by atoms with Crippen LogP contribution >= 0.6 is 0 Å². The van der Waals surface area contributed by atoms with Crippen LogP contribution in [0.25, 0.3) is 0 Å². The molecule has 0 unspecified atom stereocenters. The van der Waals surface area contributed by atoms with Crippen molar-refractivity contribution in [2.75, 3.05) is 49.8 Å². The van der Waals surface area contributed by atoms with Gasteiger partial charge in [-0.25, -0.2) is 0 Å². The predicted molar refractivity (Wildman–Crippen MR) is 92.4 cm³/mol. The minimum Gasteiger partial charge on any atom is -0.495 e. The van der Waals surface area contributed by atoms with Gasteiger partial charge >= 0.3 is 0 Å². The van der Waals surface area contributed by atoms with Crippen LogP contribution in [-0.4, -0.2) is 43.6 Å². The van der Waals surface area contributed by atoms with Crippen LogP contribution in [0.5, 0.6) is 5.75 Å². The molecule has 1 saturated heterocycles. The van der Waals surface area contributed by atoms with Crippen molar-refractivity contribution in [1.82, 2.24) is 10.2 Å². The lowest BCUT2D eigenvalue weighted by Gasteiger charge is -2.31. The fourth-order valence-corrected chi connectivity index (χ4v) is 2.69. The second-order valence-electron chi connectivity index (χ2n) is 5.43. The highest BCUT2D eigenvalue weighted by Gasteiger charge is 2.20. The highest BCUT2D eigenvalue weighted by Crippen LogP contribution is 2.39. The molecular weight excluding hydrogens is 310 g/mol. The van der Waals surface area contributed by atoms with E-state index in [1.807, 2.05) is 19.1 Å². The molecule has 128 valence electrons. The number of nitrogens with zero attached hydrogens (tertiary/aromatic N) is 4. The van der Waals surface area contributed by atoms with Gasteiger partial charge in [-0.1, -0.05) is 0 Å². The molecule has 2 heterocycles. The van der Waals surface area contributed by atoms with E-state index in [0.29, 0.717) is 18.9 Å². The molecule has 0 bridgehead atoms. The number of aromatic amines is 1. The Morgan fingerprint density at radius 1 is 1.25 bits per heavy atom. The van der Waals surface area contributed by atoms with Crippen molar-refractivity contribution in [3.63, 3.8) is 0 Å². The zero-order chi connectivity index (χ0) is 17.1. The van der Waals surface area contributed by atoms with Crippen molar-refractivity contribution in [3.8, 4) is 5.75 Å². The van der Waals surface area contributed by atoms with Crippen molar-refractivity contribution in [2.45, 2.75) is 6.92 Å². The first-order chi connectivity index (χ1) is 11.6. The summed E-state index contributed by atoms with van der Waals surface area (Å²) in [6, 6.07) is 3.74. The first kappa shape index (κ1) is 16.1. The Morgan fingerprint density at radius 2 is 2.00 bits per heavy atom. The molecule has 1 aliphatic heterocycles. The maximum Gasteiger partial charge on any atom is 0.175 e. The highest BCUT2D eigenvalue weighted by atomic mass is 16.5. The number of ether oxygens (including phenoxy) is 2. The second kappa shape index (κ2) is 6.75. The Balaban J connectivity index is 1.97. The molecule has 0 amide bonds. The molecule has 2 aromatic rings. The lowest BCUT2D eigenvalue weighted by atomic mass is 10.1. The lowest BCUT2D eigenvalue weighted by Crippen LogP contribution is -2.36. The van der Waals surface area contributed by atoms with Gasteiger partial charge in [-0.15, -0.1) is 10.2 Å². The van der Waals surface area contributed by atoms with Crippen molar-refractivity contribution >= 4 is 28.7 Å². The summed E-state index contributed by atoms with van der Waals surface area (Å²) in [6.07, 6.45) is 0. The van der Waals surface area contributed by atoms with Crippen LogP contribution in [0.15, 0.2) is 22.4 Å². The topological polar surface area (TPSA) is 127 Å². The predicted octanol–water partition coefficient (Wildman–Crippen LogP) is 2.14. The standard InChI is InChI=1S/C15H21N7O2/c1-9-10(18-19-12-14(16)20-21-15(12)17)3-4-11(23-2)13(9)22-5-7-24-8-6-22/h3-4H,5-8H2,1-2H3,(H5,16,17,20,21). The number of aromatic nitrogens is 2. The van der Waals surface area contributed by atoms with Crippen LogP contribution in [0.4, 0.5) is 28.7 Å².